The lowest BCUT2D eigenvalue weighted by atomic mass is 10.1. The van der Waals surface area contributed by atoms with Crippen molar-refractivity contribution in [2.45, 2.75) is 5.92 Å². The van der Waals surface area contributed by atoms with E-state index >= 15 is 0 Å². The summed E-state index contributed by atoms with van der Waals surface area (Å²) in [6.45, 7) is 0.506. The van der Waals surface area contributed by atoms with Gasteiger partial charge in [-0.05, 0) is 23.6 Å². The highest BCUT2D eigenvalue weighted by Crippen LogP contribution is 2.26. The van der Waals surface area contributed by atoms with Gasteiger partial charge in [0, 0.05) is 4.88 Å². The maximum absolute atomic E-state index is 9.34. The topological polar surface area (TPSA) is 29.5 Å². The Kier molecular flexibility index (Phi) is 4.42. The van der Waals surface area contributed by atoms with E-state index in [1.54, 1.807) is 17.4 Å². The van der Waals surface area contributed by atoms with Gasteiger partial charge in [-0.3, -0.25) is 0 Å². The molecule has 1 aromatic heterocycles. The van der Waals surface area contributed by atoms with Gasteiger partial charge in [-0.2, -0.15) is 0 Å². The molecule has 1 unspecified atom stereocenters. The molecule has 2 aromatic rings. The molecule has 0 bridgehead atoms. The molecule has 2 nitrogen and oxygen atoms in total. The van der Waals surface area contributed by atoms with Crippen LogP contribution in [-0.2, 0) is 0 Å². The third-order valence-electron chi connectivity index (χ3n) is 2.44. The summed E-state index contributed by atoms with van der Waals surface area (Å²) in [4.78, 5) is 1.12. The first-order valence-electron chi connectivity index (χ1n) is 5.33. The summed E-state index contributed by atoms with van der Waals surface area (Å²) in [5, 5.41) is 11.9. The fraction of sp³-hybridized carbons (Fsp3) is 0.231. The zero-order valence-electron chi connectivity index (χ0n) is 9.17. The van der Waals surface area contributed by atoms with Crippen LogP contribution in [0.1, 0.15) is 10.8 Å². The van der Waals surface area contributed by atoms with E-state index in [4.69, 9.17) is 16.3 Å². The Morgan fingerprint density at radius 2 is 2.06 bits per heavy atom. The van der Waals surface area contributed by atoms with Crippen molar-refractivity contribution in [3.8, 4) is 5.75 Å². The van der Waals surface area contributed by atoms with Crippen LogP contribution < -0.4 is 4.74 Å². The second-order valence-corrected chi connectivity index (χ2v) is 5.02. The van der Waals surface area contributed by atoms with Crippen LogP contribution in [0.2, 0.25) is 5.02 Å². The summed E-state index contributed by atoms with van der Waals surface area (Å²) in [5.41, 5.74) is 0. The number of para-hydroxylation sites is 1. The summed E-state index contributed by atoms with van der Waals surface area (Å²) < 4.78 is 5.63. The largest absolute Gasteiger partial charge is 0.491 e. The van der Waals surface area contributed by atoms with Gasteiger partial charge in [0.2, 0.25) is 0 Å². The molecule has 0 aliphatic rings. The molecule has 0 aliphatic carbocycles. The van der Waals surface area contributed by atoms with Gasteiger partial charge in [0.1, 0.15) is 5.75 Å². The number of rotatable bonds is 5. The van der Waals surface area contributed by atoms with Gasteiger partial charge in [0.15, 0.2) is 0 Å². The highest BCUT2D eigenvalue weighted by Gasteiger charge is 2.13. The van der Waals surface area contributed by atoms with Crippen molar-refractivity contribution < 1.29 is 9.84 Å². The van der Waals surface area contributed by atoms with Gasteiger partial charge in [-0.15, -0.1) is 11.3 Å². The summed E-state index contributed by atoms with van der Waals surface area (Å²) in [7, 11) is 0. The van der Waals surface area contributed by atoms with Crippen molar-refractivity contribution in [1.29, 1.82) is 0 Å². The number of hydrogen-bond donors (Lipinski definition) is 1. The minimum atomic E-state index is 0.00581. The Balaban J connectivity index is 2.00. The first-order chi connectivity index (χ1) is 8.31. The molecule has 0 fully saturated rings. The number of halogens is 1. The number of aliphatic hydroxyl groups excluding tert-OH is 1. The van der Waals surface area contributed by atoms with Crippen LogP contribution >= 0.6 is 22.9 Å². The fourth-order valence-corrected chi connectivity index (χ4v) is 2.50. The van der Waals surface area contributed by atoms with Crippen molar-refractivity contribution in [1.82, 2.24) is 0 Å². The molecule has 0 saturated carbocycles. The molecule has 4 heteroatoms. The fourth-order valence-electron chi connectivity index (χ4n) is 1.50. The summed E-state index contributed by atoms with van der Waals surface area (Å²) in [5.74, 6) is 0.662. The second-order valence-electron chi connectivity index (χ2n) is 3.64. The summed E-state index contributed by atoms with van der Waals surface area (Å²) in [6, 6.07) is 11.3. The highest BCUT2D eigenvalue weighted by molar-refractivity contribution is 7.10. The molecule has 0 saturated heterocycles. The van der Waals surface area contributed by atoms with Gasteiger partial charge in [0.25, 0.3) is 0 Å². The Bertz CT molecular complexity index is 456. The molecular formula is C13H13ClO2S. The van der Waals surface area contributed by atoms with Gasteiger partial charge in [0.05, 0.1) is 24.2 Å². The normalized spacial score (nSPS) is 12.4. The molecule has 0 spiro atoms. The van der Waals surface area contributed by atoms with Crippen molar-refractivity contribution in [3.05, 3.63) is 51.7 Å². The number of thiophene rings is 1. The SMILES string of the molecule is OCC(COc1ccccc1Cl)c1cccs1. The molecule has 1 N–H and O–H groups in total. The smallest absolute Gasteiger partial charge is 0.137 e. The molecule has 0 amide bonds. The van der Waals surface area contributed by atoms with Gasteiger partial charge in [-0.25, -0.2) is 0 Å². The highest BCUT2D eigenvalue weighted by atomic mass is 35.5. The minimum Gasteiger partial charge on any atom is -0.491 e. The standard InChI is InChI=1S/C13H13ClO2S/c14-11-4-1-2-5-12(11)16-9-10(8-15)13-6-3-7-17-13/h1-7,10,15H,8-9H2. The number of aliphatic hydroxyl groups is 1. The van der Waals surface area contributed by atoms with Gasteiger partial charge >= 0.3 is 0 Å². The van der Waals surface area contributed by atoms with Crippen LogP contribution in [0.25, 0.3) is 0 Å². The van der Waals surface area contributed by atoms with E-state index in [9.17, 15) is 5.11 Å². The van der Waals surface area contributed by atoms with E-state index in [1.807, 2.05) is 35.7 Å². The van der Waals surface area contributed by atoms with Crippen molar-refractivity contribution in [2.75, 3.05) is 13.2 Å². The van der Waals surface area contributed by atoms with Gasteiger partial charge in [-0.1, -0.05) is 29.8 Å². The molecule has 0 aliphatic heterocycles. The molecule has 17 heavy (non-hydrogen) atoms. The monoisotopic (exact) mass is 268 g/mol. The first-order valence-corrected chi connectivity index (χ1v) is 6.58. The average molecular weight is 269 g/mol. The van der Waals surface area contributed by atoms with Gasteiger partial charge < -0.3 is 9.84 Å². The molecule has 0 radical (unpaired) electrons. The lowest BCUT2D eigenvalue weighted by Crippen LogP contribution is -2.13. The van der Waals surface area contributed by atoms with E-state index in [1.165, 1.54) is 0 Å². The Labute approximate surface area is 109 Å². The number of ether oxygens (including phenoxy) is 1. The predicted molar refractivity (Wildman–Crippen MR) is 71.1 cm³/mol. The third kappa shape index (κ3) is 3.22. The van der Waals surface area contributed by atoms with Crippen molar-refractivity contribution in [3.63, 3.8) is 0 Å². The lowest BCUT2D eigenvalue weighted by Gasteiger charge is -2.14. The number of benzene rings is 1. The maximum Gasteiger partial charge on any atom is 0.137 e. The molecule has 90 valence electrons. The Morgan fingerprint density at radius 1 is 1.24 bits per heavy atom. The molecule has 2 rings (SSSR count). The van der Waals surface area contributed by atoms with Crippen LogP contribution in [0.3, 0.4) is 0 Å². The van der Waals surface area contributed by atoms with Crippen LogP contribution in [0.5, 0.6) is 5.75 Å². The van der Waals surface area contributed by atoms with E-state index in [-0.39, 0.29) is 12.5 Å². The minimum absolute atomic E-state index is 0.00581. The maximum atomic E-state index is 9.34. The van der Waals surface area contributed by atoms with Crippen LogP contribution in [-0.4, -0.2) is 18.3 Å². The zero-order chi connectivity index (χ0) is 12.1. The molecule has 1 heterocycles. The molecule has 1 aromatic carbocycles. The number of hydrogen-bond acceptors (Lipinski definition) is 3. The van der Waals surface area contributed by atoms with Crippen LogP contribution in [0.4, 0.5) is 0 Å². The lowest BCUT2D eigenvalue weighted by molar-refractivity contribution is 0.207. The predicted octanol–water partition coefficient (Wildman–Crippen LogP) is 3.56. The summed E-state index contributed by atoms with van der Waals surface area (Å²) >= 11 is 7.61. The second kappa shape index (κ2) is 6.05. The first kappa shape index (κ1) is 12.4. The zero-order valence-corrected chi connectivity index (χ0v) is 10.7. The Hall–Kier alpha value is -1.03. The Morgan fingerprint density at radius 3 is 2.71 bits per heavy atom. The van der Waals surface area contributed by atoms with Crippen molar-refractivity contribution >= 4 is 22.9 Å². The van der Waals surface area contributed by atoms with E-state index in [0.29, 0.717) is 17.4 Å². The van der Waals surface area contributed by atoms with Crippen molar-refractivity contribution in [2.24, 2.45) is 0 Å². The van der Waals surface area contributed by atoms with Crippen LogP contribution in [0.15, 0.2) is 41.8 Å². The molecular weight excluding hydrogens is 256 g/mol. The third-order valence-corrected chi connectivity index (χ3v) is 3.79. The quantitative estimate of drug-likeness (QED) is 0.899. The van der Waals surface area contributed by atoms with Crippen LogP contribution in [0, 0.1) is 0 Å². The van der Waals surface area contributed by atoms with E-state index in [2.05, 4.69) is 0 Å². The average Bonchev–Trinajstić information content (AvgIpc) is 2.86. The van der Waals surface area contributed by atoms with E-state index in [0.717, 1.165) is 4.88 Å². The van der Waals surface area contributed by atoms with E-state index < -0.39 is 0 Å². The molecule has 1 atom stereocenters. The summed E-state index contributed by atoms with van der Waals surface area (Å²) in [6.07, 6.45) is 0.